The standard InChI is InChI=1S/C18H25N3O2/c1-5-23-17-8-6-16(7-9-17)12-19-18(22)11-15(4)21-14(3)10-13(2)20-21/h6-10,15H,5,11-12H2,1-4H3,(H,19,22)/t15-/m1/s1. The lowest BCUT2D eigenvalue weighted by molar-refractivity contribution is -0.122. The number of aromatic nitrogens is 2. The zero-order valence-electron chi connectivity index (χ0n) is 14.3. The van der Waals surface area contributed by atoms with Crippen LogP contribution >= 0.6 is 0 Å². The van der Waals surface area contributed by atoms with Gasteiger partial charge in [0.1, 0.15) is 5.75 Å². The topological polar surface area (TPSA) is 56.1 Å². The minimum absolute atomic E-state index is 0.0268. The Morgan fingerprint density at radius 3 is 2.57 bits per heavy atom. The Hall–Kier alpha value is -2.30. The van der Waals surface area contributed by atoms with Crippen molar-refractivity contribution in [3.63, 3.8) is 0 Å². The molecule has 1 aromatic heterocycles. The van der Waals surface area contributed by atoms with Crippen molar-refractivity contribution in [1.29, 1.82) is 0 Å². The van der Waals surface area contributed by atoms with Gasteiger partial charge in [-0.25, -0.2) is 0 Å². The van der Waals surface area contributed by atoms with E-state index in [4.69, 9.17) is 4.74 Å². The summed E-state index contributed by atoms with van der Waals surface area (Å²) in [5, 5.41) is 7.39. The van der Waals surface area contributed by atoms with Gasteiger partial charge in [0.25, 0.3) is 0 Å². The maximum atomic E-state index is 12.1. The maximum absolute atomic E-state index is 12.1. The highest BCUT2D eigenvalue weighted by Gasteiger charge is 2.13. The molecule has 0 bridgehead atoms. The molecular weight excluding hydrogens is 290 g/mol. The lowest BCUT2D eigenvalue weighted by atomic mass is 10.2. The van der Waals surface area contributed by atoms with Crippen LogP contribution in [0.2, 0.25) is 0 Å². The molecule has 0 saturated carbocycles. The van der Waals surface area contributed by atoms with Gasteiger partial charge in [0, 0.05) is 18.7 Å². The van der Waals surface area contributed by atoms with Crippen molar-refractivity contribution < 1.29 is 9.53 Å². The number of benzene rings is 1. The fourth-order valence-electron chi connectivity index (χ4n) is 2.59. The molecule has 1 heterocycles. The van der Waals surface area contributed by atoms with Crippen LogP contribution in [-0.2, 0) is 11.3 Å². The Balaban J connectivity index is 1.83. The SMILES string of the molecule is CCOc1ccc(CNC(=O)C[C@@H](C)n2nc(C)cc2C)cc1. The summed E-state index contributed by atoms with van der Waals surface area (Å²) in [5.41, 5.74) is 3.11. The van der Waals surface area contributed by atoms with E-state index in [-0.39, 0.29) is 11.9 Å². The van der Waals surface area contributed by atoms with Gasteiger partial charge < -0.3 is 10.1 Å². The van der Waals surface area contributed by atoms with E-state index in [0.29, 0.717) is 19.6 Å². The summed E-state index contributed by atoms with van der Waals surface area (Å²) in [6.07, 6.45) is 0.416. The highest BCUT2D eigenvalue weighted by molar-refractivity contribution is 5.76. The number of carbonyl (C=O) groups is 1. The van der Waals surface area contributed by atoms with Gasteiger partial charge in [0.05, 0.1) is 18.3 Å². The van der Waals surface area contributed by atoms with Crippen molar-refractivity contribution in [3.8, 4) is 5.75 Å². The summed E-state index contributed by atoms with van der Waals surface area (Å²) in [7, 11) is 0. The Kier molecular flexibility index (Phi) is 5.79. The van der Waals surface area contributed by atoms with E-state index in [2.05, 4.69) is 10.4 Å². The molecule has 0 saturated heterocycles. The van der Waals surface area contributed by atoms with Gasteiger partial charge in [-0.2, -0.15) is 5.10 Å². The first-order valence-corrected chi connectivity index (χ1v) is 8.00. The number of nitrogens with zero attached hydrogens (tertiary/aromatic N) is 2. The van der Waals surface area contributed by atoms with Gasteiger partial charge in [-0.15, -0.1) is 0 Å². The first-order chi connectivity index (χ1) is 11.0. The largest absolute Gasteiger partial charge is 0.494 e. The number of nitrogens with one attached hydrogen (secondary N) is 1. The summed E-state index contributed by atoms with van der Waals surface area (Å²) >= 11 is 0. The Bertz CT molecular complexity index is 647. The molecule has 23 heavy (non-hydrogen) atoms. The fourth-order valence-corrected chi connectivity index (χ4v) is 2.59. The van der Waals surface area contributed by atoms with Gasteiger partial charge >= 0.3 is 0 Å². The quantitative estimate of drug-likeness (QED) is 0.854. The number of aryl methyl sites for hydroxylation is 2. The molecular formula is C18H25N3O2. The van der Waals surface area contributed by atoms with Crippen molar-refractivity contribution >= 4 is 5.91 Å². The summed E-state index contributed by atoms with van der Waals surface area (Å²) in [6, 6.07) is 9.84. The summed E-state index contributed by atoms with van der Waals surface area (Å²) in [5.74, 6) is 0.875. The molecule has 0 aliphatic carbocycles. The first-order valence-electron chi connectivity index (χ1n) is 8.00. The molecule has 2 aromatic rings. The number of hydrogen-bond acceptors (Lipinski definition) is 3. The Labute approximate surface area is 137 Å². The van der Waals surface area contributed by atoms with E-state index in [1.54, 1.807) is 0 Å². The average molecular weight is 315 g/mol. The summed E-state index contributed by atoms with van der Waals surface area (Å²) in [4.78, 5) is 12.1. The van der Waals surface area contributed by atoms with E-state index >= 15 is 0 Å². The minimum Gasteiger partial charge on any atom is -0.494 e. The molecule has 1 amide bonds. The average Bonchev–Trinajstić information content (AvgIpc) is 2.85. The van der Waals surface area contributed by atoms with E-state index < -0.39 is 0 Å². The predicted molar refractivity (Wildman–Crippen MR) is 90.5 cm³/mol. The third kappa shape index (κ3) is 4.84. The van der Waals surface area contributed by atoms with Gasteiger partial charge in [0.2, 0.25) is 5.91 Å². The van der Waals surface area contributed by atoms with E-state index in [9.17, 15) is 4.79 Å². The lowest BCUT2D eigenvalue weighted by Crippen LogP contribution is -2.26. The Morgan fingerprint density at radius 2 is 2.00 bits per heavy atom. The Morgan fingerprint density at radius 1 is 1.30 bits per heavy atom. The molecule has 5 nitrogen and oxygen atoms in total. The summed E-state index contributed by atoms with van der Waals surface area (Å²) in [6.45, 7) is 9.11. The van der Waals surface area contributed by atoms with Crippen molar-refractivity contribution in [3.05, 3.63) is 47.3 Å². The number of rotatable bonds is 7. The maximum Gasteiger partial charge on any atom is 0.222 e. The summed E-state index contributed by atoms with van der Waals surface area (Å²) < 4.78 is 7.31. The van der Waals surface area contributed by atoms with Crippen LogP contribution in [0.15, 0.2) is 30.3 Å². The van der Waals surface area contributed by atoms with Crippen LogP contribution in [0.4, 0.5) is 0 Å². The van der Waals surface area contributed by atoms with Crippen LogP contribution in [0.3, 0.4) is 0 Å². The van der Waals surface area contributed by atoms with Gasteiger partial charge in [-0.3, -0.25) is 9.48 Å². The molecule has 1 atom stereocenters. The molecule has 5 heteroatoms. The van der Waals surface area contributed by atoms with Crippen molar-refractivity contribution in [2.24, 2.45) is 0 Å². The third-order valence-electron chi connectivity index (χ3n) is 3.67. The second-order valence-corrected chi connectivity index (χ2v) is 5.78. The lowest BCUT2D eigenvalue weighted by Gasteiger charge is -2.14. The van der Waals surface area contributed by atoms with E-state index in [0.717, 1.165) is 22.7 Å². The first kappa shape index (κ1) is 17.1. The van der Waals surface area contributed by atoms with Gasteiger partial charge in [-0.05, 0) is 51.5 Å². The number of hydrogen-bond donors (Lipinski definition) is 1. The van der Waals surface area contributed by atoms with E-state index in [1.807, 2.05) is 62.7 Å². The number of carbonyl (C=O) groups excluding carboxylic acids is 1. The van der Waals surface area contributed by atoms with Crippen LogP contribution in [0.5, 0.6) is 5.75 Å². The van der Waals surface area contributed by atoms with Crippen LogP contribution in [0.25, 0.3) is 0 Å². The normalized spacial score (nSPS) is 12.0. The zero-order valence-corrected chi connectivity index (χ0v) is 14.3. The van der Waals surface area contributed by atoms with Gasteiger partial charge in [0.15, 0.2) is 0 Å². The van der Waals surface area contributed by atoms with Crippen LogP contribution in [0.1, 0.15) is 43.3 Å². The second-order valence-electron chi connectivity index (χ2n) is 5.78. The molecule has 2 rings (SSSR count). The molecule has 1 aromatic carbocycles. The molecule has 0 unspecified atom stereocenters. The van der Waals surface area contributed by atoms with Gasteiger partial charge in [-0.1, -0.05) is 12.1 Å². The molecule has 0 aliphatic heterocycles. The molecule has 0 aliphatic rings. The highest BCUT2D eigenvalue weighted by Crippen LogP contribution is 2.15. The molecule has 1 N–H and O–H groups in total. The van der Waals surface area contributed by atoms with E-state index in [1.165, 1.54) is 0 Å². The van der Waals surface area contributed by atoms with Crippen molar-refractivity contribution in [2.75, 3.05) is 6.61 Å². The highest BCUT2D eigenvalue weighted by atomic mass is 16.5. The zero-order chi connectivity index (χ0) is 16.8. The van der Waals surface area contributed by atoms with Crippen molar-refractivity contribution in [2.45, 2.75) is 46.7 Å². The smallest absolute Gasteiger partial charge is 0.222 e. The monoisotopic (exact) mass is 315 g/mol. The molecule has 0 spiro atoms. The minimum atomic E-state index is 0.0268. The predicted octanol–water partition coefficient (Wildman–Crippen LogP) is 3.17. The second kappa shape index (κ2) is 7.81. The molecule has 0 radical (unpaired) electrons. The fraction of sp³-hybridized carbons (Fsp3) is 0.444. The van der Waals surface area contributed by atoms with Crippen LogP contribution in [-0.4, -0.2) is 22.3 Å². The molecule has 124 valence electrons. The van der Waals surface area contributed by atoms with Crippen LogP contribution < -0.4 is 10.1 Å². The third-order valence-corrected chi connectivity index (χ3v) is 3.67. The number of amides is 1. The van der Waals surface area contributed by atoms with Crippen molar-refractivity contribution in [1.82, 2.24) is 15.1 Å². The molecule has 0 fully saturated rings. The number of ether oxygens (including phenoxy) is 1. The van der Waals surface area contributed by atoms with Crippen LogP contribution in [0, 0.1) is 13.8 Å².